The Morgan fingerprint density at radius 1 is 1.41 bits per heavy atom. The Morgan fingerprint density at radius 2 is 2.12 bits per heavy atom. The maximum Gasteiger partial charge on any atom is 0.193 e. The van der Waals surface area contributed by atoms with Gasteiger partial charge in [0.15, 0.2) is 5.96 Å². The lowest BCUT2D eigenvalue weighted by atomic mass is 10.0. The lowest BCUT2D eigenvalue weighted by molar-refractivity contribution is 0.408. The largest absolute Gasteiger partial charge is 0.356 e. The van der Waals surface area contributed by atoms with Gasteiger partial charge in [-0.05, 0) is 43.4 Å². The number of rotatable bonds is 6. The molecule has 0 bridgehead atoms. The predicted octanol–water partition coefficient (Wildman–Crippen LogP) is 2.48. The maximum atomic E-state index is 4.38. The van der Waals surface area contributed by atoms with Gasteiger partial charge in [-0.1, -0.05) is 13.3 Å². The summed E-state index contributed by atoms with van der Waals surface area (Å²) in [6.07, 6.45) is 8.27. The van der Waals surface area contributed by atoms with E-state index in [4.69, 9.17) is 0 Å². The molecule has 0 aromatic rings. The van der Waals surface area contributed by atoms with Crippen molar-refractivity contribution in [3.63, 3.8) is 0 Å². The highest BCUT2D eigenvalue weighted by Gasteiger charge is 2.53. The predicted molar refractivity (Wildman–Crippen MR) is 73.3 cm³/mol. The van der Waals surface area contributed by atoms with E-state index in [1.807, 2.05) is 7.05 Å². The Hall–Kier alpha value is -0.730. The van der Waals surface area contributed by atoms with Gasteiger partial charge in [0.1, 0.15) is 0 Å². The first-order chi connectivity index (χ1) is 8.22. The molecule has 0 aliphatic heterocycles. The van der Waals surface area contributed by atoms with Crippen LogP contribution in [0.3, 0.4) is 0 Å². The third-order valence-electron chi connectivity index (χ3n) is 4.35. The van der Waals surface area contributed by atoms with Gasteiger partial charge in [-0.3, -0.25) is 4.99 Å². The van der Waals surface area contributed by atoms with Gasteiger partial charge in [-0.25, -0.2) is 0 Å². The van der Waals surface area contributed by atoms with Crippen LogP contribution in [0.1, 0.15) is 45.4 Å². The number of guanidine groups is 1. The zero-order chi connectivity index (χ0) is 12.3. The number of hydrogen-bond acceptors (Lipinski definition) is 1. The number of aliphatic imine (C=N–C) groups is 1. The quantitative estimate of drug-likeness (QED) is 0.568. The van der Waals surface area contributed by atoms with Crippen LogP contribution < -0.4 is 5.32 Å². The zero-order valence-electron chi connectivity index (χ0n) is 11.6. The van der Waals surface area contributed by atoms with E-state index in [0.29, 0.717) is 5.41 Å². The highest BCUT2D eigenvalue weighted by Crippen LogP contribution is 2.60. The van der Waals surface area contributed by atoms with Crippen LogP contribution in [0.5, 0.6) is 0 Å². The summed E-state index contributed by atoms with van der Waals surface area (Å²) < 4.78 is 0. The van der Waals surface area contributed by atoms with Gasteiger partial charge in [0.05, 0.1) is 0 Å². The van der Waals surface area contributed by atoms with Crippen LogP contribution in [0.4, 0.5) is 0 Å². The summed E-state index contributed by atoms with van der Waals surface area (Å²) in [5, 5.41) is 3.58. The van der Waals surface area contributed by atoms with Crippen molar-refractivity contribution in [2.75, 3.05) is 27.2 Å². The fourth-order valence-electron chi connectivity index (χ4n) is 2.73. The van der Waals surface area contributed by atoms with Crippen molar-refractivity contribution in [2.45, 2.75) is 45.4 Å². The average Bonchev–Trinajstić information content (AvgIpc) is 3.16. The molecular weight excluding hydrogens is 210 g/mol. The molecule has 0 unspecified atom stereocenters. The molecule has 0 aromatic carbocycles. The Balaban J connectivity index is 1.75. The summed E-state index contributed by atoms with van der Waals surface area (Å²) in [7, 11) is 4.03. The lowest BCUT2D eigenvalue weighted by Gasteiger charge is -2.24. The molecule has 2 rings (SSSR count). The van der Waals surface area contributed by atoms with E-state index < -0.39 is 0 Å². The Morgan fingerprint density at radius 3 is 2.59 bits per heavy atom. The van der Waals surface area contributed by atoms with E-state index in [1.54, 1.807) is 0 Å². The highest BCUT2D eigenvalue weighted by molar-refractivity contribution is 5.79. The lowest BCUT2D eigenvalue weighted by Crippen LogP contribution is -2.42. The van der Waals surface area contributed by atoms with Crippen LogP contribution in [-0.4, -0.2) is 38.0 Å². The molecule has 3 heteroatoms. The topological polar surface area (TPSA) is 27.6 Å². The first kappa shape index (κ1) is 12.7. The summed E-state index contributed by atoms with van der Waals surface area (Å²) in [5.74, 6) is 2.10. The second-order valence-corrected chi connectivity index (χ2v) is 5.81. The molecule has 0 saturated heterocycles. The Labute approximate surface area is 106 Å². The van der Waals surface area contributed by atoms with Crippen molar-refractivity contribution in [3.05, 3.63) is 0 Å². The monoisotopic (exact) mass is 237 g/mol. The minimum Gasteiger partial charge on any atom is -0.356 e. The molecule has 2 aliphatic carbocycles. The zero-order valence-corrected chi connectivity index (χ0v) is 11.6. The average molecular weight is 237 g/mol. The van der Waals surface area contributed by atoms with Crippen LogP contribution in [-0.2, 0) is 0 Å². The normalized spacial score (nSPS) is 22.4. The van der Waals surface area contributed by atoms with Crippen molar-refractivity contribution in [2.24, 2.45) is 16.3 Å². The summed E-state index contributed by atoms with van der Waals surface area (Å²) in [5.41, 5.74) is 0.654. The molecule has 98 valence electrons. The van der Waals surface area contributed by atoms with E-state index in [-0.39, 0.29) is 0 Å². The molecule has 0 radical (unpaired) electrons. The van der Waals surface area contributed by atoms with E-state index in [1.165, 1.54) is 38.5 Å². The first-order valence-corrected chi connectivity index (χ1v) is 7.13. The van der Waals surface area contributed by atoms with Gasteiger partial charge >= 0.3 is 0 Å². The molecule has 1 N–H and O–H groups in total. The van der Waals surface area contributed by atoms with E-state index in [9.17, 15) is 0 Å². The molecule has 0 atom stereocenters. The molecule has 0 amide bonds. The molecule has 0 spiro atoms. The third-order valence-corrected chi connectivity index (χ3v) is 4.35. The van der Waals surface area contributed by atoms with Crippen molar-refractivity contribution < 1.29 is 0 Å². The molecule has 3 nitrogen and oxygen atoms in total. The van der Waals surface area contributed by atoms with Crippen LogP contribution in [0, 0.1) is 11.3 Å². The van der Waals surface area contributed by atoms with Gasteiger partial charge in [-0.2, -0.15) is 0 Å². The second kappa shape index (κ2) is 5.28. The molecule has 2 saturated carbocycles. The van der Waals surface area contributed by atoms with E-state index in [2.05, 4.69) is 29.2 Å². The molecule has 2 fully saturated rings. The molecule has 2 aliphatic rings. The highest BCUT2D eigenvalue weighted by atomic mass is 15.3. The van der Waals surface area contributed by atoms with Gasteiger partial charge < -0.3 is 10.2 Å². The minimum absolute atomic E-state index is 0.654. The van der Waals surface area contributed by atoms with Gasteiger partial charge in [0.2, 0.25) is 0 Å². The SMILES string of the molecule is CCCCN(C)C(=NC)NCC1(C2CC2)CC1. The smallest absolute Gasteiger partial charge is 0.193 e. The summed E-state index contributed by atoms with van der Waals surface area (Å²) in [4.78, 5) is 6.64. The Bertz CT molecular complexity index is 277. The number of hydrogen-bond donors (Lipinski definition) is 1. The minimum atomic E-state index is 0.654. The van der Waals surface area contributed by atoms with E-state index >= 15 is 0 Å². The van der Waals surface area contributed by atoms with Crippen molar-refractivity contribution in [1.82, 2.24) is 10.2 Å². The summed E-state index contributed by atoms with van der Waals surface area (Å²) >= 11 is 0. The van der Waals surface area contributed by atoms with Crippen molar-refractivity contribution in [1.29, 1.82) is 0 Å². The maximum absolute atomic E-state index is 4.38. The van der Waals surface area contributed by atoms with E-state index in [0.717, 1.165) is 25.0 Å². The first-order valence-electron chi connectivity index (χ1n) is 7.13. The fourth-order valence-corrected chi connectivity index (χ4v) is 2.73. The van der Waals surface area contributed by atoms with Gasteiger partial charge in [0, 0.05) is 27.2 Å². The fraction of sp³-hybridized carbons (Fsp3) is 0.929. The molecular formula is C14H27N3. The van der Waals surface area contributed by atoms with Crippen molar-refractivity contribution >= 4 is 5.96 Å². The van der Waals surface area contributed by atoms with Gasteiger partial charge in [0.25, 0.3) is 0 Å². The summed E-state index contributed by atoms with van der Waals surface area (Å²) in [6, 6.07) is 0. The van der Waals surface area contributed by atoms with Crippen molar-refractivity contribution in [3.8, 4) is 0 Å². The van der Waals surface area contributed by atoms with Crippen LogP contribution in [0.2, 0.25) is 0 Å². The summed E-state index contributed by atoms with van der Waals surface area (Å²) in [6.45, 7) is 4.48. The molecule has 0 aromatic heterocycles. The molecule has 17 heavy (non-hydrogen) atoms. The number of nitrogens with one attached hydrogen (secondary N) is 1. The Kier molecular flexibility index (Phi) is 3.95. The van der Waals surface area contributed by atoms with Crippen LogP contribution >= 0.6 is 0 Å². The molecule has 0 heterocycles. The number of unbranched alkanes of at least 4 members (excludes halogenated alkanes) is 1. The third kappa shape index (κ3) is 3.14. The van der Waals surface area contributed by atoms with Crippen LogP contribution in [0.15, 0.2) is 4.99 Å². The standard InChI is InChI=1S/C14H27N3/c1-4-5-10-17(3)13(15-2)16-11-14(8-9-14)12-6-7-12/h12H,4-11H2,1-3H3,(H,15,16). The second-order valence-electron chi connectivity index (χ2n) is 5.81. The van der Waals surface area contributed by atoms with Crippen LogP contribution in [0.25, 0.3) is 0 Å². The van der Waals surface area contributed by atoms with Gasteiger partial charge in [-0.15, -0.1) is 0 Å². The number of nitrogens with zero attached hydrogens (tertiary/aromatic N) is 2.